The number of aromatic nitrogens is 4. The number of imidazole rings is 2. The highest BCUT2D eigenvalue weighted by molar-refractivity contribution is 5.86. The SMILES string of the molecule is CCOC(=O)COc1ccc(-c2nc(-c3ccccc3)c(-c3ccccc3)n2-c2ccc(-c3ccc(-n4c(-c5ccc(OCC(=O)OCC)cc5)nc(-c5ccccc5)c4-c4ccccc4)cc3)cc2)cc1. The van der Waals surface area contributed by atoms with Crippen LogP contribution >= 0.6 is 0 Å². The number of benzene rings is 8. The van der Waals surface area contributed by atoms with Crippen molar-refractivity contribution in [2.45, 2.75) is 13.8 Å². The van der Waals surface area contributed by atoms with Gasteiger partial charge >= 0.3 is 11.9 Å². The molecular weight excluding hydrogens is 897 g/mol. The fourth-order valence-electron chi connectivity index (χ4n) is 8.75. The summed E-state index contributed by atoms with van der Waals surface area (Å²) in [5, 5.41) is 0. The summed E-state index contributed by atoms with van der Waals surface area (Å²) in [4.78, 5) is 34.8. The molecule has 0 saturated carbocycles. The highest BCUT2D eigenvalue weighted by atomic mass is 16.6. The molecule has 10 nitrogen and oxygen atoms in total. The maximum Gasteiger partial charge on any atom is 0.344 e. The molecule has 0 aliphatic heterocycles. The number of esters is 2. The average molecular weight is 947 g/mol. The van der Waals surface area contributed by atoms with E-state index in [4.69, 9.17) is 28.9 Å². The van der Waals surface area contributed by atoms with Gasteiger partial charge in [0.05, 0.1) is 36.0 Å². The first kappa shape index (κ1) is 46.4. The predicted molar refractivity (Wildman–Crippen MR) is 283 cm³/mol. The number of ether oxygens (including phenoxy) is 4. The Labute approximate surface area is 418 Å². The molecule has 0 atom stereocenters. The van der Waals surface area contributed by atoms with E-state index in [0.29, 0.717) is 24.7 Å². The van der Waals surface area contributed by atoms with E-state index in [1.54, 1.807) is 13.8 Å². The Hall–Kier alpha value is -9.28. The van der Waals surface area contributed by atoms with Gasteiger partial charge in [0, 0.05) is 44.8 Å². The lowest BCUT2D eigenvalue weighted by Gasteiger charge is -2.16. The number of hydrogen-bond acceptors (Lipinski definition) is 8. The first-order valence-electron chi connectivity index (χ1n) is 23.9. The zero-order chi connectivity index (χ0) is 49.2. The van der Waals surface area contributed by atoms with E-state index in [1.165, 1.54) is 0 Å². The topological polar surface area (TPSA) is 107 Å². The van der Waals surface area contributed by atoms with Crippen LogP contribution in [-0.2, 0) is 19.1 Å². The first-order chi connectivity index (χ1) is 35.4. The van der Waals surface area contributed by atoms with E-state index in [2.05, 4.69) is 106 Å². The van der Waals surface area contributed by atoms with E-state index in [9.17, 15) is 9.59 Å². The van der Waals surface area contributed by atoms with Crippen molar-refractivity contribution in [3.8, 4) is 102 Å². The van der Waals surface area contributed by atoms with Crippen molar-refractivity contribution in [2.24, 2.45) is 0 Å². The van der Waals surface area contributed by atoms with Crippen LogP contribution in [0.3, 0.4) is 0 Å². The van der Waals surface area contributed by atoms with Gasteiger partial charge in [-0.25, -0.2) is 19.6 Å². The quantitative estimate of drug-likeness (QED) is 0.0831. The fraction of sp³-hybridized carbons (Fsp3) is 0.0968. The number of rotatable bonds is 17. The summed E-state index contributed by atoms with van der Waals surface area (Å²) in [6.07, 6.45) is 0. The van der Waals surface area contributed by atoms with E-state index >= 15 is 0 Å². The van der Waals surface area contributed by atoms with Crippen molar-refractivity contribution in [1.29, 1.82) is 0 Å². The molecule has 0 saturated heterocycles. The molecule has 8 aromatic carbocycles. The summed E-state index contributed by atoms with van der Waals surface area (Å²) in [7, 11) is 0. The van der Waals surface area contributed by atoms with E-state index < -0.39 is 11.9 Å². The molecule has 10 rings (SSSR count). The lowest BCUT2D eigenvalue weighted by Crippen LogP contribution is -2.14. The van der Waals surface area contributed by atoms with Gasteiger partial charge in [-0.1, -0.05) is 146 Å². The Bertz CT molecular complexity index is 3180. The third-order valence-corrected chi connectivity index (χ3v) is 12.1. The molecule has 0 N–H and O–H groups in total. The van der Waals surface area contributed by atoms with Gasteiger partial charge in [0.15, 0.2) is 13.2 Å². The van der Waals surface area contributed by atoms with Crippen LogP contribution < -0.4 is 9.47 Å². The zero-order valence-corrected chi connectivity index (χ0v) is 39.9. The summed E-state index contributed by atoms with van der Waals surface area (Å²) in [6, 6.07) is 73.6. The third kappa shape index (κ3) is 10.1. The van der Waals surface area contributed by atoms with E-state index in [-0.39, 0.29) is 13.2 Å². The van der Waals surface area contributed by atoms with E-state index in [1.807, 2.05) is 121 Å². The maximum absolute atomic E-state index is 12.0. The standard InChI is InChI=1S/C62H50N4O6/c1-3-69-55(67)41-71-53-37-29-49(30-38-53)61-63-57(45-17-9-5-10-18-45)59(47-21-13-7-14-22-47)65(61)51-33-25-43(26-34-51)44-27-35-52(36-28-44)66-60(48-23-15-8-16-24-48)58(46-19-11-6-12-20-46)64-62(66)50-31-39-54(40-32-50)72-42-56(68)70-4-2/h5-40H,3-4,41-42H2,1-2H3. The number of carbonyl (C=O) groups excluding carboxylic acids is 2. The molecular formula is C62H50N4O6. The molecule has 0 bridgehead atoms. The first-order valence-corrected chi connectivity index (χ1v) is 23.9. The summed E-state index contributed by atoms with van der Waals surface area (Å²) in [6.45, 7) is 3.78. The minimum absolute atomic E-state index is 0.172. The monoisotopic (exact) mass is 946 g/mol. The molecule has 0 fully saturated rings. The van der Waals surface area contributed by atoms with Crippen molar-refractivity contribution in [3.63, 3.8) is 0 Å². The molecule has 0 unspecified atom stereocenters. The molecule has 0 aliphatic rings. The van der Waals surface area contributed by atoms with Gasteiger partial charge in [-0.3, -0.25) is 9.13 Å². The average Bonchev–Trinajstić information content (AvgIpc) is 4.04. The van der Waals surface area contributed by atoms with Gasteiger partial charge < -0.3 is 18.9 Å². The second-order valence-corrected chi connectivity index (χ2v) is 16.7. The Balaban J connectivity index is 1.04. The van der Waals surface area contributed by atoms with Crippen LogP contribution in [0.5, 0.6) is 11.5 Å². The highest BCUT2D eigenvalue weighted by Crippen LogP contribution is 2.41. The second kappa shape index (κ2) is 21.6. The molecule has 0 radical (unpaired) electrons. The van der Waals surface area contributed by atoms with E-state index in [0.717, 1.165) is 90.3 Å². The van der Waals surface area contributed by atoms with Crippen molar-refractivity contribution in [3.05, 3.63) is 218 Å². The lowest BCUT2D eigenvalue weighted by atomic mass is 10.0. The minimum atomic E-state index is -0.418. The van der Waals surface area contributed by atoms with Crippen molar-refractivity contribution in [2.75, 3.05) is 26.4 Å². The van der Waals surface area contributed by atoms with Crippen molar-refractivity contribution < 1.29 is 28.5 Å². The second-order valence-electron chi connectivity index (χ2n) is 16.7. The Morgan fingerprint density at radius 2 is 0.667 bits per heavy atom. The smallest absolute Gasteiger partial charge is 0.344 e. The maximum atomic E-state index is 12.0. The Morgan fingerprint density at radius 1 is 0.361 bits per heavy atom. The van der Waals surface area contributed by atoms with Crippen LogP contribution in [-0.4, -0.2) is 57.5 Å². The van der Waals surface area contributed by atoms with Crippen molar-refractivity contribution >= 4 is 11.9 Å². The molecule has 72 heavy (non-hydrogen) atoms. The molecule has 10 aromatic rings. The highest BCUT2D eigenvalue weighted by Gasteiger charge is 2.25. The van der Waals surface area contributed by atoms with Gasteiger partial charge in [0.25, 0.3) is 0 Å². The molecule has 2 aromatic heterocycles. The predicted octanol–water partition coefficient (Wildman–Crippen LogP) is 13.6. The minimum Gasteiger partial charge on any atom is -0.482 e. The van der Waals surface area contributed by atoms with Crippen LogP contribution in [0.4, 0.5) is 0 Å². The number of nitrogens with zero attached hydrogens (tertiary/aromatic N) is 4. The molecule has 0 aliphatic carbocycles. The Morgan fingerprint density at radius 3 is 0.986 bits per heavy atom. The van der Waals surface area contributed by atoms with Gasteiger partial charge in [-0.05, 0) is 97.8 Å². The third-order valence-electron chi connectivity index (χ3n) is 12.1. The molecule has 0 spiro atoms. The van der Waals surface area contributed by atoms with Crippen LogP contribution in [0.1, 0.15) is 13.8 Å². The largest absolute Gasteiger partial charge is 0.482 e. The van der Waals surface area contributed by atoms with Gasteiger partial charge in [0.2, 0.25) is 0 Å². The van der Waals surface area contributed by atoms with Crippen molar-refractivity contribution in [1.82, 2.24) is 19.1 Å². The lowest BCUT2D eigenvalue weighted by molar-refractivity contribution is -0.146. The van der Waals surface area contributed by atoms with Crippen LogP contribution in [0, 0.1) is 0 Å². The fourth-order valence-corrected chi connectivity index (χ4v) is 8.75. The van der Waals surface area contributed by atoms with Crippen LogP contribution in [0.25, 0.3) is 90.3 Å². The summed E-state index contributed by atoms with van der Waals surface area (Å²) < 4.78 is 26.1. The van der Waals surface area contributed by atoms with Gasteiger partial charge in [-0.2, -0.15) is 0 Å². The van der Waals surface area contributed by atoms with Crippen LogP contribution in [0.2, 0.25) is 0 Å². The number of carbonyl (C=O) groups is 2. The summed E-state index contributed by atoms with van der Waals surface area (Å²) in [5.41, 5.74) is 13.3. The van der Waals surface area contributed by atoms with Gasteiger partial charge in [-0.15, -0.1) is 0 Å². The zero-order valence-electron chi connectivity index (χ0n) is 39.9. The molecule has 2 heterocycles. The summed E-state index contributed by atoms with van der Waals surface area (Å²) in [5.74, 6) is 1.77. The molecule has 0 amide bonds. The number of hydrogen-bond donors (Lipinski definition) is 0. The summed E-state index contributed by atoms with van der Waals surface area (Å²) >= 11 is 0. The molecule has 10 heteroatoms. The van der Waals surface area contributed by atoms with Crippen LogP contribution in [0.15, 0.2) is 218 Å². The molecule has 354 valence electrons. The Kier molecular flexibility index (Phi) is 13.9. The van der Waals surface area contributed by atoms with Gasteiger partial charge in [0.1, 0.15) is 23.1 Å². The normalized spacial score (nSPS) is 11.0.